The van der Waals surface area contributed by atoms with Crippen molar-refractivity contribution in [3.8, 4) is 0 Å². The number of hydrogen-bond acceptors (Lipinski definition) is 1. The fourth-order valence-electron chi connectivity index (χ4n) is 0.507. The van der Waals surface area contributed by atoms with Crippen LogP contribution in [0.15, 0.2) is 11.1 Å². The number of halogens is 1. The van der Waals surface area contributed by atoms with Gasteiger partial charge in [0.2, 0.25) is 5.91 Å². The van der Waals surface area contributed by atoms with Crippen LogP contribution in [0, 0.1) is 0 Å². The molecule has 10 heavy (non-hydrogen) atoms. The fourth-order valence-corrected chi connectivity index (χ4v) is 0.606. The molecule has 58 valence electrons. The molecule has 0 aromatic heterocycles. The summed E-state index contributed by atoms with van der Waals surface area (Å²) in [7, 11) is 0. The summed E-state index contributed by atoms with van der Waals surface area (Å²) < 4.78 is 0. The highest BCUT2D eigenvalue weighted by Gasteiger charge is 1.97. The van der Waals surface area contributed by atoms with Gasteiger partial charge in [0, 0.05) is 17.2 Å². The number of nitrogens with one attached hydrogen (secondary N) is 1. The lowest BCUT2D eigenvalue weighted by Gasteiger charge is -2.03. The van der Waals surface area contributed by atoms with Gasteiger partial charge >= 0.3 is 0 Å². The Kier molecular flexibility index (Phi) is 4.12. The normalized spacial score (nSPS) is 11.9. The average molecular weight is 162 g/mol. The zero-order valence-electron chi connectivity index (χ0n) is 6.44. The first-order chi connectivity index (χ1) is 4.52. The third-order valence-electron chi connectivity index (χ3n) is 0.761. The largest absolute Gasteiger partial charge is 0.350 e. The van der Waals surface area contributed by atoms with Crippen LogP contribution in [0.3, 0.4) is 0 Å². The quantitative estimate of drug-likeness (QED) is 0.614. The number of rotatable bonds is 2. The summed E-state index contributed by atoms with van der Waals surface area (Å²) in [5.41, 5.74) is 0. The van der Waals surface area contributed by atoms with Gasteiger partial charge in [0.05, 0.1) is 0 Å². The van der Waals surface area contributed by atoms with E-state index in [2.05, 4.69) is 5.32 Å². The molecule has 0 aliphatic heterocycles. The van der Waals surface area contributed by atoms with Gasteiger partial charge in [0.1, 0.15) is 0 Å². The summed E-state index contributed by atoms with van der Waals surface area (Å²) >= 11 is 5.46. The smallest absolute Gasteiger partial charge is 0.245 e. The summed E-state index contributed by atoms with van der Waals surface area (Å²) in [6, 6.07) is 0.166. The van der Waals surface area contributed by atoms with Gasteiger partial charge in [-0.15, -0.1) is 0 Å². The second kappa shape index (κ2) is 4.34. The number of carbonyl (C=O) groups excluding carboxylic acids is 1. The van der Waals surface area contributed by atoms with Crippen molar-refractivity contribution in [1.29, 1.82) is 0 Å². The molecular weight excluding hydrogens is 150 g/mol. The van der Waals surface area contributed by atoms with Gasteiger partial charge in [-0.1, -0.05) is 11.6 Å². The van der Waals surface area contributed by atoms with Crippen LogP contribution >= 0.6 is 11.6 Å². The molecule has 0 radical (unpaired) electrons. The first-order valence-corrected chi connectivity index (χ1v) is 3.54. The van der Waals surface area contributed by atoms with Gasteiger partial charge < -0.3 is 5.32 Å². The minimum atomic E-state index is -0.137. The summed E-state index contributed by atoms with van der Waals surface area (Å²) in [5, 5.41) is 3.17. The zero-order valence-corrected chi connectivity index (χ0v) is 7.20. The predicted molar refractivity (Wildman–Crippen MR) is 42.9 cm³/mol. The molecule has 0 heterocycles. The molecule has 0 unspecified atom stereocenters. The molecule has 0 fully saturated rings. The molecule has 0 saturated carbocycles. The highest BCUT2D eigenvalue weighted by Crippen LogP contribution is 1.96. The van der Waals surface area contributed by atoms with Crippen molar-refractivity contribution in [3.63, 3.8) is 0 Å². The van der Waals surface area contributed by atoms with E-state index in [9.17, 15) is 4.79 Å². The zero-order chi connectivity index (χ0) is 8.15. The van der Waals surface area contributed by atoms with Crippen LogP contribution < -0.4 is 5.32 Å². The van der Waals surface area contributed by atoms with E-state index in [1.54, 1.807) is 6.92 Å². The molecule has 0 bridgehead atoms. The third-order valence-corrected chi connectivity index (χ3v) is 0.870. The summed E-state index contributed by atoms with van der Waals surface area (Å²) in [5.74, 6) is -0.137. The Hall–Kier alpha value is -0.500. The molecular formula is C7H12ClNO. The molecule has 0 aliphatic carbocycles. The Morgan fingerprint density at radius 1 is 1.60 bits per heavy atom. The third kappa shape index (κ3) is 5.63. The van der Waals surface area contributed by atoms with E-state index in [1.807, 2.05) is 13.8 Å². The predicted octanol–water partition coefficient (Wildman–Crippen LogP) is 1.65. The van der Waals surface area contributed by atoms with Crippen LogP contribution in [-0.4, -0.2) is 11.9 Å². The van der Waals surface area contributed by atoms with Gasteiger partial charge in [-0.25, -0.2) is 0 Å². The summed E-state index contributed by atoms with van der Waals surface area (Å²) in [4.78, 5) is 10.8. The summed E-state index contributed by atoms with van der Waals surface area (Å²) in [6.45, 7) is 5.46. The van der Waals surface area contributed by atoms with Crippen molar-refractivity contribution in [2.75, 3.05) is 0 Å². The second-order valence-electron chi connectivity index (χ2n) is 2.39. The van der Waals surface area contributed by atoms with Crippen LogP contribution in [-0.2, 0) is 4.79 Å². The standard InChI is InChI=1S/C7H12ClNO/c1-5(2)9-7(10)4-6(3)8/h4-5H,1-3H3,(H,9,10)/b6-4-. The van der Waals surface area contributed by atoms with E-state index in [0.29, 0.717) is 5.03 Å². The van der Waals surface area contributed by atoms with Gasteiger partial charge in [-0.3, -0.25) is 4.79 Å². The Morgan fingerprint density at radius 3 is 2.40 bits per heavy atom. The lowest BCUT2D eigenvalue weighted by molar-refractivity contribution is -0.116. The minimum Gasteiger partial charge on any atom is -0.350 e. The number of carbonyl (C=O) groups is 1. The lowest BCUT2D eigenvalue weighted by atomic mass is 10.4. The van der Waals surface area contributed by atoms with Crippen LogP contribution in [0.2, 0.25) is 0 Å². The number of allylic oxidation sites excluding steroid dienone is 1. The molecule has 0 rings (SSSR count). The maximum atomic E-state index is 10.8. The molecule has 0 aromatic rings. The van der Waals surface area contributed by atoms with Crippen molar-refractivity contribution in [2.24, 2.45) is 0 Å². The van der Waals surface area contributed by atoms with Gasteiger partial charge in [-0.2, -0.15) is 0 Å². The van der Waals surface area contributed by atoms with Gasteiger partial charge in [0.25, 0.3) is 0 Å². The topological polar surface area (TPSA) is 29.1 Å². The van der Waals surface area contributed by atoms with Crippen molar-refractivity contribution in [3.05, 3.63) is 11.1 Å². The maximum Gasteiger partial charge on any atom is 0.245 e. The van der Waals surface area contributed by atoms with E-state index in [1.165, 1.54) is 6.08 Å². The molecule has 0 spiro atoms. The first-order valence-electron chi connectivity index (χ1n) is 3.16. The fraction of sp³-hybridized carbons (Fsp3) is 0.571. The van der Waals surface area contributed by atoms with E-state index < -0.39 is 0 Å². The minimum absolute atomic E-state index is 0.137. The van der Waals surface area contributed by atoms with Crippen molar-refractivity contribution in [1.82, 2.24) is 5.32 Å². The Balaban J connectivity index is 3.76. The number of amides is 1. The monoisotopic (exact) mass is 161 g/mol. The highest BCUT2D eigenvalue weighted by molar-refractivity contribution is 6.30. The SMILES string of the molecule is C/C(Cl)=C/C(=O)NC(C)C. The Labute approximate surface area is 66.3 Å². The lowest BCUT2D eigenvalue weighted by Crippen LogP contribution is -2.28. The van der Waals surface area contributed by atoms with E-state index in [4.69, 9.17) is 11.6 Å². The molecule has 2 nitrogen and oxygen atoms in total. The van der Waals surface area contributed by atoms with E-state index in [0.717, 1.165) is 0 Å². The number of hydrogen-bond donors (Lipinski definition) is 1. The van der Waals surface area contributed by atoms with Crippen LogP contribution in [0.1, 0.15) is 20.8 Å². The van der Waals surface area contributed by atoms with Crippen LogP contribution in [0.25, 0.3) is 0 Å². The van der Waals surface area contributed by atoms with E-state index >= 15 is 0 Å². The Bertz CT molecular complexity index is 148. The van der Waals surface area contributed by atoms with E-state index in [-0.39, 0.29) is 11.9 Å². The van der Waals surface area contributed by atoms with Crippen LogP contribution in [0.4, 0.5) is 0 Å². The average Bonchev–Trinajstić information content (AvgIpc) is 1.58. The summed E-state index contributed by atoms with van der Waals surface area (Å²) in [6.07, 6.45) is 1.36. The Morgan fingerprint density at radius 2 is 2.10 bits per heavy atom. The molecule has 0 atom stereocenters. The van der Waals surface area contributed by atoms with Crippen LogP contribution in [0.5, 0.6) is 0 Å². The molecule has 0 saturated heterocycles. The van der Waals surface area contributed by atoms with Crippen molar-refractivity contribution in [2.45, 2.75) is 26.8 Å². The molecule has 1 N–H and O–H groups in total. The van der Waals surface area contributed by atoms with Crippen molar-refractivity contribution < 1.29 is 4.79 Å². The highest BCUT2D eigenvalue weighted by atomic mass is 35.5. The first kappa shape index (κ1) is 9.50. The molecule has 1 amide bonds. The van der Waals surface area contributed by atoms with Crippen molar-refractivity contribution >= 4 is 17.5 Å². The maximum absolute atomic E-state index is 10.8. The van der Waals surface area contributed by atoms with Gasteiger partial charge in [0.15, 0.2) is 0 Å². The van der Waals surface area contributed by atoms with Gasteiger partial charge in [-0.05, 0) is 20.8 Å². The molecule has 0 aromatic carbocycles. The second-order valence-corrected chi connectivity index (χ2v) is 2.99. The molecule has 3 heteroatoms. The molecule has 0 aliphatic rings.